The summed E-state index contributed by atoms with van der Waals surface area (Å²) in [5.41, 5.74) is 7.71. The fourth-order valence-corrected chi connectivity index (χ4v) is 1.49. The molecule has 0 fully saturated rings. The molecule has 92 valence electrons. The second kappa shape index (κ2) is 6.03. The molecule has 3 N–H and O–H groups in total. The molecule has 0 aliphatic heterocycles. The summed E-state index contributed by atoms with van der Waals surface area (Å²) in [5, 5.41) is 2.96. The van der Waals surface area contributed by atoms with E-state index in [2.05, 4.69) is 24.2 Å². The van der Waals surface area contributed by atoms with Gasteiger partial charge in [0.2, 0.25) is 11.9 Å². The van der Waals surface area contributed by atoms with Crippen LogP contribution in [0.1, 0.15) is 38.7 Å². The van der Waals surface area contributed by atoms with Gasteiger partial charge in [-0.05, 0) is 17.5 Å². The van der Waals surface area contributed by atoms with Crippen LogP contribution in [0.15, 0.2) is 29.3 Å². The lowest BCUT2D eigenvalue weighted by molar-refractivity contribution is -0.117. The van der Waals surface area contributed by atoms with Crippen molar-refractivity contribution in [2.45, 2.75) is 33.1 Å². The molecule has 1 aromatic rings. The van der Waals surface area contributed by atoms with E-state index < -0.39 is 0 Å². The average Bonchev–Trinajstić information content (AvgIpc) is 2.29. The Morgan fingerprint density at radius 2 is 2.06 bits per heavy atom. The van der Waals surface area contributed by atoms with E-state index in [-0.39, 0.29) is 11.9 Å². The first-order valence-corrected chi connectivity index (χ1v) is 5.77. The van der Waals surface area contributed by atoms with Crippen molar-refractivity contribution in [3.63, 3.8) is 0 Å². The Morgan fingerprint density at radius 3 is 2.65 bits per heavy atom. The van der Waals surface area contributed by atoms with Gasteiger partial charge in [0.1, 0.15) is 0 Å². The monoisotopic (exact) mass is 233 g/mol. The maximum Gasteiger partial charge on any atom is 0.248 e. The van der Waals surface area contributed by atoms with Gasteiger partial charge < -0.3 is 11.1 Å². The van der Waals surface area contributed by atoms with Crippen LogP contribution in [0.25, 0.3) is 0 Å². The van der Waals surface area contributed by atoms with Gasteiger partial charge in [-0.25, -0.2) is 0 Å². The molecule has 0 heterocycles. The van der Waals surface area contributed by atoms with Crippen molar-refractivity contribution >= 4 is 17.6 Å². The van der Waals surface area contributed by atoms with E-state index in [4.69, 9.17) is 5.73 Å². The highest BCUT2D eigenvalue weighted by molar-refractivity contribution is 6.00. The minimum Gasteiger partial charge on any atom is -0.369 e. The van der Waals surface area contributed by atoms with Crippen LogP contribution >= 0.6 is 0 Å². The van der Waals surface area contributed by atoms with Gasteiger partial charge in [0.15, 0.2) is 0 Å². The molecule has 17 heavy (non-hydrogen) atoms. The van der Waals surface area contributed by atoms with Gasteiger partial charge >= 0.3 is 0 Å². The number of rotatable bonds is 3. The van der Waals surface area contributed by atoms with Gasteiger partial charge in [0.05, 0.1) is 0 Å². The molecule has 0 bridgehead atoms. The number of amides is 1. The van der Waals surface area contributed by atoms with Crippen LogP contribution < -0.4 is 11.1 Å². The Bertz CT molecular complexity index is 424. The van der Waals surface area contributed by atoms with Crippen LogP contribution in [-0.4, -0.2) is 11.9 Å². The van der Waals surface area contributed by atoms with Crippen molar-refractivity contribution in [3.05, 3.63) is 29.8 Å². The van der Waals surface area contributed by atoms with Gasteiger partial charge in [-0.15, -0.1) is 0 Å². The molecule has 0 aromatic heterocycles. The van der Waals surface area contributed by atoms with Gasteiger partial charge in [0, 0.05) is 12.1 Å². The Labute approximate surface area is 102 Å². The van der Waals surface area contributed by atoms with Crippen LogP contribution in [0.3, 0.4) is 0 Å². The number of nitrogens with zero attached hydrogens (tertiary/aromatic N) is 1. The van der Waals surface area contributed by atoms with E-state index in [1.807, 2.05) is 24.3 Å². The number of nitrogens with one attached hydrogen (secondary N) is 1. The van der Waals surface area contributed by atoms with Crippen LogP contribution in [-0.2, 0) is 4.79 Å². The summed E-state index contributed by atoms with van der Waals surface area (Å²) < 4.78 is 0. The number of hydrogen-bond donors (Lipinski definition) is 2. The fourth-order valence-electron chi connectivity index (χ4n) is 1.49. The summed E-state index contributed by atoms with van der Waals surface area (Å²) in [5.74, 6) is 0.301. The molecule has 0 saturated heterocycles. The van der Waals surface area contributed by atoms with Crippen LogP contribution in [0.2, 0.25) is 0 Å². The molecule has 0 saturated carbocycles. The molecule has 0 aliphatic rings. The molecule has 0 atom stereocenters. The maximum atomic E-state index is 11.1. The number of aliphatic imine (C=N–C) groups is 1. The third-order valence-electron chi connectivity index (χ3n) is 2.39. The Balaban J connectivity index is 2.88. The summed E-state index contributed by atoms with van der Waals surface area (Å²) in [6.07, 6.45) is 0.355. The average molecular weight is 233 g/mol. The highest BCUT2D eigenvalue weighted by Crippen LogP contribution is 2.23. The topological polar surface area (TPSA) is 67.5 Å². The minimum absolute atomic E-state index is 0.143. The number of benzene rings is 1. The number of para-hydroxylation sites is 1. The lowest BCUT2D eigenvalue weighted by Crippen LogP contribution is -2.24. The van der Waals surface area contributed by atoms with Crippen molar-refractivity contribution in [1.29, 1.82) is 0 Å². The van der Waals surface area contributed by atoms with Gasteiger partial charge in [-0.2, -0.15) is 4.99 Å². The Kier molecular flexibility index (Phi) is 4.69. The molecule has 1 aromatic carbocycles. The van der Waals surface area contributed by atoms with Crippen LogP contribution in [0, 0.1) is 0 Å². The summed E-state index contributed by atoms with van der Waals surface area (Å²) in [6.45, 7) is 5.96. The third-order valence-corrected chi connectivity index (χ3v) is 2.39. The number of carbonyl (C=O) groups is 1. The first kappa shape index (κ1) is 13.2. The van der Waals surface area contributed by atoms with Crippen molar-refractivity contribution in [3.8, 4) is 0 Å². The number of guanidine groups is 1. The van der Waals surface area contributed by atoms with Crippen molar-refractivity contribution < 1.29 is 4.79 Å². The molecular weight excluding hydrogens is 214 g/mol. The molecule has 1 amide bonds. The smallest absolute Gasteiger partial charge is 0.248 e. The Morgan fingerprint density at radius 1 is 1.41 bits per heavy atom. The number of carbonyl (C=O) groups excluding carboxylic acids is 1. The number of hydrogen-bond acceptors (Lipinski definition) is 1. The largest absolute Gasteiger partial charge is 0.369 e. The SMILES string of the molecule is CCC(=O)N=C(N)Nc1ccccc1C(C)C. The second-order valence-electron chi connectivity index (χ2n) is 4.11. The lowest BCUT2D eigenvalue weighted by atomic mass is 10.0. The van der Waals surface area contributed by atoms with Crippen LogP contribution in [0.5, 0.6) is 0 Å². The third kappa shape index (κ3) is 3.90. The van der Waals surface area contributed by atoms with E-state index in [1.165, 1.54) is 0 Å². The highest BCUT2D eigenvalue weighted by atomic mass is 16.1. The van der Waals surface area contributed by atoms with E-state index in [0.29, 0.717) is 12.3 Å². The molecule has 4 heteroatoms. The fraction of sp³-hybridized carbons (Fsp3) is 0.385. The maximum absolute atomic E-state index is 11.1. The molecule has 4 nitrogen and oxygen atoms in total. The molecular formula is C13H19N3O. The normalized spacial score (nSPS) is 11.6. The van der Waals surface area contributed by atoms with Gasteiger partial charge in [-0.3, -0.25) is 4.79 Å². The predicted octanol–water partition coefficient (Wildman–Crippen LogP) is 2.47. The molecule has 0 unspecified atom stereocenters. The summed E-state index contributed by atoms with van der Waals surface area (Å²) in [6, 6.07) is 7.85. The zero-order valence-electron chi connectivity index (χ0n) is 10.5. The van der Waals surface area contributed by atoms with Gasteiger partial charge in [-0.1, -0.05) is 39.0 Å². The Hall–Kier alpha value is -1.84. The first-order chi connectivity index (χ1) is 8.04. The summed E-state index contributed by atoms with van der Waals surface area (Å²) in [4.78, 5) is 14.9. The van der Waals surface area contributed by atoms with Gasteiger partial charge in [0.25, 0.3) is 0 Å². The lowest BCUT2D eigenvalue weighted by Gasteiger charge is -2.13. The molecule has 1 rings (SSSR count). The standard InChI is InChI=1S/C13H19N3O/c1-4-12(17)16-13(14)15-11-8-6-5-7-10(11)9(2)3/h5-9H,4H2,1-3H3,(H3,14,15,16,17). The molecule has 0 aliphatic carbocycles. The van der Waals surface area contributed by atoms with E-state index >= 15 is 0 Å². The molecule has 0 spiro atoms. The van der Waals surface area contributed by atoms with Crippen molar-refractivity contribution in [1.82, 2.24) is 0 Å². The second-order valence-corrected chi connectivity index (χ2v) is 4.11. The quantitative estimate of drug-likeness (QED) is 0.622. The zero-order valence-corrected chi connectivity index (χ0v) is 10.5. The van der Waals surface area contributed by atoms with Crippen molar-refractivity contribution in [2.24, 2.45) is 10.7 Å². The first-order valence-electron chi connectivity index (χ1n) is 5.77. The van der Waals surface area contributed by atoms with E-state index in [0.717, 1.165) is 11.3 Å². The zero-order chi connectivity index (χ0) is 12.8. The molecule has 0 radical (unpaired) electrons. The minimum atomic E-state index is -0.225. The summed E-state index contributed by atoms with van der Waals surface area (Å²) in [7, 11) is 0. The highest BCUT2D eigenvalue weighted by Gasteiger charge is 2.06. The van der Waals surface area contributed by atoms with E-state index in [9.17, 15) is 4.79 Å². The number of anilines is 1. The summed E-state index contributed by atoms with van der Waals surface area (Å²) >= 11 is 0. The van der Waals surface area contributed by atoms with Crippen LogP contribution in [0.4, 0.5) is 5.69 Å². The van der Waals surface area contributed by atoms with E-state index in [1.54, 1.807) is 6.92 Å². The number of nitrogens with two attached hydrogens (primary N) is 1. The predicted molar refractivity (Wildman–Crippen MR) is 71.1 cm³/mol. The van der Waals surface area contributed by atoms with Crippen molar-refractivity contribution in [2.75, 3.05) is 5.32 Å².